The largest absolute Gasteiger partial charge is 0.349 e. The second-order valence-electron chi connectivity index (χ2n) is 3.15. The molecule has 0 spiro atoms. The molecule has 1 aromatic carbocycles. The van der Waals surface area contributed by atoms with Gasteiger partial charge in [-0.15, -0.1) is 0 Å². The van der Waals surface area contributed by atoms with Crippen molar-refractivity contribution in [3.8, 4) is 0 Å². The van der Waals surface area contributed by atoms with Crippen LogP contribution in [0, 0.1) is 0 Å². The van der Waals surface area contributed by atoms with E-state index in [-0.39, 0.29) is 11.9 Å². The van der Waals surface area contributed by atoms with Gasteiger partial charge in [0.25, 0.3) is 5.91 Å². The molecule has 0 saturated carbocycles. The summed E-state index contributed by atoms with van der Waals surface area (Å²) < 4.78 is 0.742. The Kier molecular flexibility index (Phi) is 5.09. The van der Waals surface area contributed by atoms with Gasteiger partial charge in [0.1, 0.15) is 0 Å². The minimum atomic E-state index is -0.128. The monoisotopic (exact) mass is 353 g/mol. The van der Waals surface area contributed by atoms with Crippen molar-refractivity contribution in [2.75, 3.05) is 5.33 Å². The number of halogens is 3. The summed E-state index contributed by atoms with van der Waals surface area (Å²) in [6.07, 6.45) is 0. The summed E-state index contributed by atoms with van der Waals surface area (Å²) in [4.78, 5) is 11.8. The lowest BCUT2D eigenvalue weighted by atomic mass is 10.2. The Morgan fingerprint density at radius 1 is 1.60 bits per heavy atom. The lowest BCUT2D eigenvalue weighted by Crippen LogP contribution is -2.33. The standard InChI is InChI=1S/C10H10Br2ClNO/c1-6(5-11)14-10(15)8-4-7(13)2-3-9(8)12/h2-4,6H,5H2,1H3,(H,14,15). The van der Waals surface area contributed by atoms with Crippen molar-refractivity contribution >= 4 is 49.4 Å². The number of rotatable bonds is 3. The Hall–Kier alpha value is -0.0600. The van der Waals surface area contributed by atoms with E-state index in [1.165, 1.54) is 0 Å². The zero-order valence-corrected chi connectivity index (χ0v) is 12.0. The van der Waals surface area contributed by atoms with Gasteiger partial charge in [-0.1, -0.05) is 27.5 Å². The third-order valence-electron chi connectivity index (χ3n) is 1.78. The van der Waals surface area contributed by atoms with E-state index >= 15 is 0 Å². The van der Waals surface area contributed by atoms with Crippen LogP contribution in [0.3, 0.4) is 0 Å². The second-order valence-corrected chi connectivity index (χ2v) is 5.09. The number of nitrogens with one attached hydrogen (secondary N) is 1. The van der Waals surface area contributed by atoms with E-state index < -0.39 is 0 Å². The van der Waals surface area contributed by atoms with Gasteiger partial charge in [-0.3, -0.25) is 4.79 Å². The predicted octanol–water partition coefficient (Wildman–Crippen LogP) is 3.62. The van der Waals surface area contributed by atoms with E-state index in [0.717, 1.165) is 9.80 Å². The summed E-state index contributed by atoms with van der Waals surface area (Å²) in [7, 11) is 0. The second kappa shape index (κ2) is 5.87. The van der Waals surface area contributed by atoms with Crippen LogP contribution in [0.25, 0.3) is 0 Å². The fourth-order valence-electron chi connectivity index (χ4n) is 1.01. The maximum atomic E-state index is 11.8. The Morgan fingerprint density at radius 3 is 2.87 bits per heavy atom. The molecule has 0 fully saturated rings. The van der Waals surface area contributed by atoms with Crippen LogP contribution >= 0.6 is 43.5 Å². The molecule has 1 unspecified atom stereocenters. The van der Waals surface area contributed by atoms with Gasteiger partial charge < -0.3 is 5.32 Å². The summed E-state index contributed by atoms with van der Waals surface area (Å²) in [5.41, 5.74) is 0.551. The Balaban J connectivity index is 2.86. The summed E-state index contributed by atoms with van der Waals surface area (Å²) in [6, 6.07) is 5.22. The van der Waals surface area contributed by atoms with Gasteiger partial charge in [-0.2, -0.15) is 0 Å². The minimum Gasteiger partial charge on any atom is -0.349 e. The quantitative estimate of drug-likeness (QED) is 0.825. The fourth-order valence-corrected chi connectivity index (χ4v) is 1.77. The molecule has 1 aromatic rings. The van der Waals surface area contributed by atoms with E-state index in [9.17, 15) is 4.79 Å². The van der Waals surface area contributed by atoms with E-state index in [0.29, 0.717) is 10.6 Å². The molecule has 0 aliphatic heterocycles. The van der Waals surface area contributed by atoms with Crippen LogP contribution in [0.1, 0.15) is 17.3 Å². The van der Waals surface area contributed by atoms with Gasteiger partial charge >= 0.3 is 0 Å². The molecule has 5 heteroatoms. The molecular weight excluding hydrogens is 345 g/mol. The molecule has 1 N–H and O–H groups in total. The average Bonchev–Trinajstić information content (AvgIpc) is 2.21. The van der Waals surface area contributed by atoms with Gasteiger partial charge in [-0.05, 0) is 41.1 Å². The molecule has 0 aromatic heterocycles. The van der Waals surface area contributed by atoms with Crippen LogP contribution in [-0.4, -0.2) is 17.3 Å². The van der Waals surface area contributed by atoms with E-state index in [1.807, 2.05) is 6.92 Å². The maximum absolute atomic E-state index is 11.8. The highest BCUT2D eigenvalue weighted by Crippen LogP contribution is 2.21. The molecule has 0 aliphatic carbocycles. The number of hydrogen-bond acceptors (Lipinski definition) is 1. The van der Waals surface area contributed by atoms with Gasteiger partial charge in [0.05, 0.1) is 5.56 Å². The van der Waals surface area contributed by atoms with E-state index in [4.69, 9.17) is 11.6 Å². The topological polar surface area (TPSA) is 29.1 Å². The zero-order valence-electron chi connectivity index (χ0n) is 8.06. The molecule has 0 saturated heterocycles. The number of carbonyl (C=O) groups is 1. The first-order valence-electron chi connectivity index (χ1n) is 4.36. The van der Waals surface area contributed by atoms with Crippen molar-refractivity contribution in [1.82, 2.24) is 5.32 Å². The molecule has 0 aliphatic rings. The molecular formula is C10H10Br2ClNO. The summed E-state index contributed by atoms with van der Waals surface area (Å²) in [5.74, 6) is -0.128. The summed E-state index contributed by atoms with van der Waals surface area (Å²) in [5, 5.41) is 4.11. The fraction of sp³-hybridized carbons (Fsp3) is 0.300. The van der Waals surface area contributed by atoms with Crippen molar-refractivity contribution in [2.24, 2.45) is 0 Å². The highest BCUT2D eigenvalue weighted by atomic mass is 79.9. The third kappa shape index (κ3) is 3.78. The van der Waals surface area contributed by atoms with Crippen LogP contribution in [-0.2, 0) is 0 Å². The maximum Gasteiger partial charge on any atom is 0.252 e. The van der Waals surface area contributed by atoms with Crippen LogP contribution in [0.5, 0.6) is 0 Å². The number of benzene rings is 1. The lowest BCUT2D eigenvalue weighted by molar-refractivity contribution is 0.0943. The first kappa shape index (κ1) is 13.0. The van der Waals surface area contributed by atoms with E-state index in [1.54, 1.807) is 18.2 Å². The van der Waals surface area contributed by atoms with Crippen LogP contribution in [0.15, 0.2) is 22.7 Å². The Bertz CT molecular complexity index is 370. The number of amides is 1. The molecule has 0 heterocycles. The highest BCUT2D eigenvalue weighted by molar-refractivity contribution is 9.10. The predicted molar refractivity (Wildman–Crippen MR) is 69.9 cm³/mol. The summed E-state index contributed by atoms with van der Waals surface area (Å²) >= 11 is 12.4. The third-order valence-corrected chi connectivity index (χ3v) is 3.68. The first-order valence-corrected chi connectivity index (χ1v) is 6.65. The van der Waals surface area contributed by atoms with Gasteiger partial charge in [0.2, 0.25) is 0 Å². The minimum absolute atomic E-state index is 0.0865. The van der Waals surface area contributed by atoms with Crippen LogP contribution in [0.4, 0.5) is 0 Å². The number of hydrogen-bond donors (Lipinski definition) is 1. The molecule has 15 heavy (non-hydrogen) atoms. The molecule has 82 valence electrons. The average molecular weight is 355 g/mol. The Labute approximate surface area is 111 Å². The van der Waals surface area contributed by atoms with Crippen molar-refractivity contribution in [2.45, 2.75) is 13.0 Å². The highest BCUT2D eigenvalue weighted by Gasteiger charge is 2.12. The van der Waals surface area contributed by atoms with Crippen molar-refractivity contribution in [3.05, 3.63) is 33.3 Å². The number of alkyl halides is 1. The smallest absolute Gasteiger partial charge is 0.252 e. The van der Waals surface area contributed by atoms with Crippen LogP contribution < -0.4 is 5.32 Å². The Morgan fingerprint density at radius 2 is 2.27 bits per heavy atom. The molecule has 2 nitrogen and oxygen atoms in total. The molecule has 1 amide bonds. The SMILES string of the molecule is CC(CBr)NC(=O)c1cc(Cl)ccc1Br. The van der Waals surface area contributed by atoms with Crippen molar-refractivity contribution in [1.29, 1.82) is 0 Å². The van der Waals surface area contributed by atoms with E-state index in [2.05, 4.69) is 37.2 Å². The van der Waals surface area contributed by atoms with Crippen molar-refractivity contribution < 1.29 is 4.79 Å². The number of carbonyl (C=O) groups excluding carboxylic acids is 1. The lowest BCUT2D eigenvalue weighted by Gasteiger charge is -2.11. The molecule has 1 atom stereocenters. The first-order chi connectivity index (χ1) is 7.04. The summed E-state index contributed by atoms with van der Waals surface area (Å²) in [6.45, 7) is 1.92. The van der Waals surface area contributed by atoms with Gasteiger partial charge in [-0.25, -0.2) is 0 Å². The van der Waals surface area contributed by atoms with Crippen molar-refractivity contribution in [3.63, 3.8) is 0 Å². The van der Waals surface area contributed by atoms with Gasteiger partial charge in [0.15, 0.2) is 0 Å². The zero-order chi connectivity index (χ0) is 11.4. The normalized spacial score (nSPS) is 12.3. The molecule has 0 bridgehead atoms. The molecule has 1 rings (SSSR count). The molecule has 0 radical (unpaired) electrons. The van der Waals surface area contributed by atoms with Crippen LogP contribution in [0.2, 0.25) is 5.02 Å². The van der Waals surface area contributed by atoms with Gasteiger partial charge in [0, 0.05) is 20.9 Å².